The number of hydrogen-bond donors (Lipinski definition) is 0. The standard InChI is InChI=1S/C16H26N2O3S.Na/c1-2-3-4-5-6-7-8-9-10-15-11-13-16(14-12-15)17-18-22(19,20)21;/h11-14H,2-10H2,1H3,(H,19,20,21);/q;+1/p-1. The van der Waals surface area contributed by atoms with Gasteiger partial charge in [0.05, 0.1) is 5.69 Å². The summed E-state index contributed by atoms with van der Waals surface area (Å²) in [6, 6.07) is 7.14. The molecule has 0 aliphatic carbocycles. The molecule has 0 radical (unpaired) electrons. The minimum Gasteiger partial charge on any atom is -0.728 e. The molecule has 124 valence electrons. The van der Waals surface area contributed by atoms with Crippen molar-refractivity contribution in [1.29, 1.82) is 0 Å². The minimum absolute atomic E-state index is 0. The van der Waals surface area contributed by atoms with Crippen molar-refractivity contribution in [1.82, 2.24) is 0 Å². The number of rotatable bonds is 11. The summed E-state index contributed by atoms with van der Waals surface area (Å²) < 4.78 is 33.7. The minimum atomic E-state index is -4.65. The number of benzene rings is 1. The second-order valence-electron chi connectivity index (χ2n) is 5.50. The molecule has 0 aliphatic heterocycles. The van der Waals surface area contributed by atoms with Crippen molar-refractivity contribution in [3.05, 3.63) is 29.8 Å². The molecule has 23 heavy (non-hydrogen) atoms. The van der Waals surface area contributed by atoms with Crippen LogP contribution in [0.15, 0.2) is 33.9 Å². The molecule has 5 nitrogen and oxygen atoms in total. The largest absolute Gasteiger partial charge is 1.00 e. The summed E-state index contributed by atoms with van der Waals surface area (Å²) in [6.07, 6.45) is 11.3. The second-order valence-corrected chi connectivity index (χ2v) is 6.52. The molecule has 0 heterocycles. The summed E-state index contributed by atoms with van der Waals surface area (Å²) in [5, 5.41) is 3.39. The molecule has 1 aromatic rings. The van der Waals surface area contributed by atoms with Gasteiger partial charge in [0.15, 0.2) is 0 Å². The Morgan fingerprint density at radius 3 is 1.96 bits per heavy atom. The van der Waals surface area contributed by atoms with Gasteiger partial charge in [-0.25, -0.2) is 8.42 Å². The Balaban J connectivity index is 0.00000484. The predicted octanol–water partition coefficient (Wildman–Crippen LogP) is 1.92. The monoisotopic (exact) mass is 348 g/mol. The van der Waals surface area contributed by atoms with E-state index in [-0.39, 0.29) is 29.6 Å². The molecule has 0 amide bonds. The van der Waals surface area contributed by atoms with Gasteiger partial charge in [0.25, 0.3) is 0 Å². The molecule has 0 saturated heterocycles. The van der Waals surface area contributed by atoms with E-state index in [1.165, 1.54) is 50.5 Å². The van der Waals surface area contributed by atoms with Crippen LogP contribution in [0.25, 0.3) is 0 Å². The van der Waals surface area contributed by atoms with E-state index in [9.17, 15) is 13.0 Å². The van der Waals surface area contributed by atoms with Crippen molar-refractivity contribution in [2.24, 2.45) is 9.63 Å². The van der Waals surface area contributed by atoms with Crippen LogP contribution in [-0.4, -0.2) is 13.0 Å². The Morgan fingerprint density at radius 2 is 1.43 bits per heavy atom. The van der Waals surface area contributed by atoms with E-state index in [0.29, 0.717) is 5.69 Å². The molecular weight excluding hydrogens is 323 g/mol. The molecule has 1 rings (SSSR count). The molecule has 0 aliphatic rings. The quantitative estimate of drug-likeness (QED) is 0.265. The third-order valence-corrected chi connectivity index (χ3v) is 3.79. The molecule has 0 unspecified atom stereocenters. The van der Waals surface area contributed by atoms with E-state index in [4.69, 9.17) is 0 Å². The first kappa shape index (κ1) is 22.7. The molecule has 0 aromatic heterocycles. The van der Waals surface area contributed by atoms with E-state index >= 15 is 0 Å². The summed E-state index contributed by atoms with van der Waals surface area (Å²) in [4.78, 5) is 0. The van der Waals surface area contributed by atoms with Gasteiger partial charge < -0.3 is 4.55 Å². The van der Waals surface area contributed by atoms with Gasteiger partial charge in [0.2, 0.25) is 10.3 Å². The summed E-state index contributed by atoms with van der Waals surface area (Å²) in [5.41, 5.74) is 1.56. The van der Waals surface area contributed by atoms with Crippen LogP contribution in [-0.2, 0) is 16.7 Å². The van der Waals surface area contributed by atoms with E-state index < -0.39 is 10.3 Å². The maximum absolute atomic E-state index is 10.3. The second kappa shape index (κ2) is 13.1. The zero-order chi connectivity index (χ0) is 16.3. The first-order valence-electron chi connectivity index (χ1n) is 7.99. The van der Waals surface area contributed by atoms with Gasteiger partial charge >= 0.3 is 29.6 Å². The fourth-order valence-corrected chi connectivity index (χ4v) is 2.48. The molecule has 0 fully saturated rings. The number of unbranched alkanes of at least 4 members (excludes halogenated alkanes) is 7. The van der Waals surface area contributed by atoms with E-state index in [2.05, 4.69) is 16.6 Å². The molecular formula is C16H25N2NaO3S. The van der Waals surface area contributed by atoms with Crippen LogP contribution in [0.4, 0.5) is 5.69 Å². The topological polar surface area (TPSA) is 81.9 Å². The van der Waals surface area contributed by atoms with Crippen molar-refractivity contribution < 1.29 is 42.5 Å². The van der Waals surface area contributed by atoms with Crippen molar-refractivity contribution in [3.63, 3.8) is 0 Å². The molecule has 0 bridgehead atoms. The molecule has 0 saturated carbocycles. The first-order chi connectivity index (χ1) is 10.5. The Hall–Kier alpha value is -0.270. The van der Waals surface area contributed by atoms with Gasteiger partial charge in [-0.1, -0.05) is 68.5 Å². The van der Waals surface area contributed by atoms with Crippen molar-refractivity contribution in [2.75, 3.05) is 0 Å². The molecule has 0 N–H and O–H groups in total. The van der Waals surface area contributed by atoms with Crippen molar-refractivity contribution in [2.45, 2.75) is 64.7 Å². The Kier molecular flexibility index (Phi) is 12.9. The average Bonchev–Trinajstić information content (AvgIpc) is 2.48. The molecule has 7 heteroatoms. The SMILES string of the molecule is CCCCCCCCCCc1ccc(N=NS(=O)(=O)[O-])cc1.[Na+]. The van der Waals surface area contributed by atoms with Gasteiger partial charge in [-0.3, -0.25) is 0 Å². The first-order valence-corrected chi connectivity index (χ1v) is 9.35. The maximum Gasteiger partial charge on any atom is 1.00 e. The van der Waals surface area contributed by atoms with Gasteiger partial charge in [0, 0.05) is 0 Å². The number of hydrogen-bond acceptors (Lipinski definition) is 4. The van der Waals surface area contributed by atoms with Crippen molar-refractivity contribution >= 4 is 16.0 Å². The van der Waals surface area contributed by atoms with Gasteiger partial charge in [-0.05, 0) is 30.5 Å². The fraction of sp³-hybridized carbons (Fsp3) is 0.625. The van der Waals surface area contributed by atoms with Crippen LogP contribution < -0.4 is 29.6 Å². The fourth-order valence-electron chi connectivity index (χ4n) is 2.29. The van der Waals surface area contributed by atoms with E-state index in [1.807, 2.05) is 12.1 Å². The zero-order valence-corrected chi connectivity index (χ0v) is 17.0. The van der Waals surface area contributed by atoms with E-state index in [1.54, 1.807) is 12.1 Å². The molecule has 0 atom stereocenters. The summed E-state index contributed by atoms with van der Waals surface area (Å²) in [7, 11) is -4.65. The van der Waals surface area contributed by atoms with Crippen LogP contribution in [0.1, 0.15) is 63.9 Å². The Labute approximate surface area is 162 Å². The summed E-state index contributed by atoms with van der Waals surface area (Å²) in [5.74, 6) is 0. The average molecular weight is 348 g/mol. The van der Waals surface area contributed by atoms with Gasteiger partial charge in [-0.15, -0.1) is 5.11 Å². The Morgan fingerprint density at radius 1 is 0.913 bits per heavy atom. The smallest absolute Gasteiger partial charge is 0.728 e. The predicted molar refractivity (Wildman–Crippen MR) is 87.0 cm³/mol. The zero-order valence-electron chi connectivity index (χ0n) is 14.2. The number of nitrogens with zero attached hydrogens (tertiary/aromatic N) is 2. The van der Waals surface area contributed by atoms with Crippen LogP contribution in [0, 0.1) is 0 Å². The maximum atomic E-state index is 10.3. The molecule has 1 aromatic carbocycles. The van der Waals surface area contributed by atoms with Crippen LogP contribution in [0.3, 0.4) is 0 Å². The third kappa shape index (κ3) is 12.8. The van der Waals surface area contributed by atoms with Crippen LogP contribution >= 0.6 is 0 Å². The number of aryl methyl sites for hydroxylation is 1. The normalized spacial score (nSPS) is 11.6. The Bertz CT molecular complexity index is 545. The third-order valence-electron chi connectivity index (χ3n) is 3.51. The molecule has 0 spiro atoms. The van der Waals surface area contributed by atoms with Crippen LogP contribution in [0.5, 0.6) is 0 Å². The van der Waals surface area contributed by atoms with Crippen molar-refractivity contribution in [3.8, 4) is 0 Å². The van der Waals surface area contributed by atoms with Crippen LogP contribution in [0.2, 0.25) is 0 Å². The van der Waals surface area contributed by atoms with E-state index in [0.717, 1.165) is 12.8 Å². The van der Waals surface area contributed by atoms with Gasteiger partial charge in [0.1, 0.15) is 0 Å². The van der Waals surface area contributed by atoms with Gasteiger partial charge in [-0.2, -0.15) is 0 Å². The summed E-state index contributed by atoms with van der Waals surface area (Å²) >= 11 is 0. The summed E-state index contributed by atoms with van der Waals surface area (Å²) in [6.45, 7) is 2.23.